The number of hydrogen-bond donors (Lipinski definition) is 0. The zero-order valence-electron chi connectivity index (χ0n) is 14.5. The summed E-state index contributed by atoms with van der Waals surface area (Å²) in [5, 5.41) is 0.573. The van der Waals surface area contributed by atoms with Crippen LogP contribution < -0.4 is 9.64 Å². The highest BCUT2D eigenvalue weighted by atomic mass is 35.5. The normalized spacial score (nSPS) is 18.4. The van der Waals surface area contributed by atoms with Gasteiger partial charge in [0.2, 0.25) is 5.88 Å². The van der Waals surface area contributed by atoms with Crippen molar-refractivity contribution in [2.75, 3.05) is 24.6 Å². The number of rotatable bonds is 5. The van der Waals surface area contributed by atoms with Gasteiger partial charge in [0.15, 0.2) is 0 Å². The molecule has 4 rings (SSSR count). The van der Waals surface area contributed by atoms with Crippen LogP contribution in [0.5, 0.6) is 5.88 Å². The first-order valence-corrected chi connectivity index (χ1v) is 9.40. The molecule has 2 fully saturated rings. The minimum Gasteiger partial charge on any atom is -0.476 e. The van der Waals surface area contributed by atoms with Gasteiger partial charge in [-0.3, -0.25) is 0 Å². The Morgan fingerprint density at radius 2 is 2.00 bits per heavy atom. The fourth-order valence-electron chi connectivity index (χ4n) is 3.26. The summed E-state index contributed by atoms with van der Waals surface area (Å²) in [4.78, 5) is 16.0. The summed E-state index contributed by atoms with van der Waals surface area (Å²) in [6.45, 7) is 4.74. The molecular weight excluding hydrogens is 336 g/mol. The minimum absolute atomic E-state index is 0.528. The number of pyridine rings is 1. The second-order valence-electron chi connectivity index (χ2n) is 7.03. The summed E-state index contributed by atoms with van der Waals surface area (Å²) in [5.74, 6) is 3.77. The zero-order chi connectivity index (χ0) is 17.2. The number of aromatic nitrogens is 3. The molecule has 5 nitrogen and oxygen atoms in total. The predicted molar refractivity (Wildman–Crippen MR) is 98.4 cm³/mol. The van der Waals surface area contributed by atoms with Crippen molar-refractivity contribution in [3.63, 3.8) is 0 Å². The third-order valence-corrected chi connectivity index (χ3v) is 5.21. The molecule has 132 valence electrons. The molecule has 2 aromatic heterocycles. The maximum Gasteiger partial charge on any atom is 0.232 e. The molecule has 3 heterocycles. The molecule has 1 aliphatic heterocycles. The first-order chi connectivity index (χ1) is 12.2. The number of piperidine rings is 1. The number of ether oxygens (including phenoxy) is 1. The maximum atomic E-state index is 6.10. The minimum atomic E-state index is 0.528. The molecule has 25 heavy (non-hydrogen) atoms. The first-order valence-electron chi connectivity index (χ1n) is 9.03. The molecule has 1 saturated heterocycles. The smallest absolute Gasteiger partial charge is 0.232 e. The van der Waals surface area contributed by atoms with Gasteiger partial charge in [-0.1, -0.05) is 11.6 Å². The van der Waals surface area contributed by atoms with E-state index >= 15 is 0 Å². The second-order valence-corrected chi connectivity index (χ2v) is 7.44. The largest absolute Gasteiger partial charge is 0.476 e. The summed E-state index contributed by atoms with van der Waals surface area (Å²) in [6, 6.07) is 5.73. The van der Waals surface area contributed by atoms with Gasteiger partial charge in [-0.2, -0.15) is 0 Å². The van der Waals surface area contributed by atoms with Gasteiger partial charge in [-0.05, 0) is 50.7 Å². The van der Waals surface area contributed by atoms with Gasteiger partial charge in [0, 0.05) is 37.0 Å². The lowest BCUT2D eigenvalue weighted by atomic mass is 9.98. The van der Waals surface area contributed by atoms with E-state index in [1.54, 1.807) is 12.3 Å². The summed E-state index contributed by atoms with van der Waals surface area (Å²) in [5.41, 5.74) is 1.07. The van der Waals surface area contributed by atoms with Gasteiger partial charge in [-0.15, -0.1) is 0 Å². The number of halogens is 1. The molecule has 1 saturated carbocycles. The standard InChI is InChI=1S/C19H23ClN4O/c1-13-11-17(23-18(22-13)15-4-5-15)24-9-6-14(7-10-24)12-25-19-16(20)3-2-8-21-19/h2-3,8,11,14-15H,4-7,9-10,12H2,1H3. The van der Waals surface area contributed by atoms with Gasteiger partial charge >= 0.3 is 0 Å². The Balaban J connectivity index is 1.33. The Morgan fingerprint density at radius 1 is 1.20 bits per heavy atom. The monoisotopic (exact) mass is 358 g/mol. The van der Waals surface area contributed by atoms with Gasteiger partial charge < -0.3 is 9.64 Å². The van der Waals surface area contributed by atoms with E-state index in [2.05, 4.69) is 27.9 Å². The average molecular weight is 359 g/mol. The van der Waals surface area contributed by atoms with Crippen LogP contribution >= 0.6 is 11.6 Å². The lowest BCUT2D eigenvalue weighted by Crippen LogP contribution is -2.36. The van der Waals surface area contributed by atoms with Gasteiger partial charge in [-0.25, -0.2) is 15.0 Å². The molecule has 0 atom stereocenters. The second kappa shape index (κ2) is 7.16. The molecule has 0 N–H and O–H groups in total. The fourth-order valence-corrected chi connectivity index (χ4v) is 3.44. The van der Waals surface area contributed by atoms with E-state index in [-0.39, 0.29) is 0 Å². The number of hydrogen-bond acceptors (Lipinski definition) is 5. The average Bonchev–Trinajstić information content (AvgIpc) is 3.46. The molecule has 0 aromatic carbocycles. The molecule has 0 unspecified atom stereocenters. The van der Waals surface area contributed by atoms with Crippen LogP contribution in [0.4, 0.5) is 5.82 Å². The van der Waals surface area contributed by atoms with Crippen molar-refractivity contribution >= 4 is 17.4 Å². The maximum absolute atomic E-state index is 6.10. The van der Waals surface area contributed by atoms with Crippen molar-refractivity contribution in [2.24, 2.45) is 5.92 Å². The first kappa shape index (κ1) is 16.6. The predicted octanol–water partition coefficient (Wildman–Crippen LogP) is 4.01. The van der Waals surface area contributed by atoms with Crippen LogP contribution in [0.1, 0.15) is 43.1 Å². The molecule has 2 aliphatic rings. The summed E-state index contributed by atoms with van der Waals surface area (Å²) < 4.78 is 5.81. The van der Waals surface area contributed by atoms with Crippen molar-refractivity contribution in [2.45, 2.75) is 38.5 Å². The number of aryl methyl sites for hydroxylation is 1. The Bertz CT molecular complexity index is 742. The van der Waals surface area contributed by atoms with Crippen LogP contribution in [0, 0.1) is 12.8 Å². The SMILES string of the molecule is Cc1cc(N2CCC(COc3ncccc3Cl)CC2)nc(C2CC2)n1. The van der Waals surface area contributed by atoms with Crippen LogP contribution in [0.15, 0.2) is 24.4 Å². The molecule has 0 spiro atoms. The van der Waals surface area contributed by atoms with E-state index in [0.717, 1.165) is 43.3 Å². The highest BCUT2D eigenvalue weighted by Crippen LogP contribution is 2.38. The lowest BCUT2D eigenvalue weighted by Gasteiger charge is -2.32. The van der Waals surface area contributed by atoms with E-state index in [1.807, 2.05) is 6.07 Å². The molecular formula is C19H23ClN4O. The van der Waals surface area contributed by atoms with Crippen LogP contribution in [-0.4, -0.2) is 34.6 Å². The molecule has 6 heteroatoms. The van der Waals surface area contributed by atoms with Crippen LogP contribution in [0.25, 0.3) is 0 Å². The molecule has 0 radical (unpaired) electrons. The fraction of sp³-hybridized carbons (Fsp3) is 0.526. The molecule has 2 aromatic rings. The number of anilines is 1. The van der Waals surface area contributed by atoms with Crippen LogP contribution in [0.2, 0.25) is 5.02 Å². The third-order valence-electron chi connectivity index (χ3n) is 4.92. The molecule has 0 amide bonds. The van der Waals surface area contributed by atoms with Gasteiger partial charge in [0.25, 0.3) is 0 Å². The van der Waals surface area contributed by atoms with Crippen molar-refractivity contribution in [1.82, 2.24) is 15.0 Å². The Morgan fingerprint density at radius 3 is 2.72 bits per heavy atom. The number of nitrogens with zero attached hydrogens (tertiary/aromatic N) is 4. The zero-order valence-corrected chi connectivity index (χ0v) is 15.2. The lowest BCUT2D eigenvalue weighted by molar-refractivity contribution is 0.216. The van der Waals surface area contributed by atoms with E-state index in [0.29, 0.717) is 29.3 Å². The highest BCUT2D eigenvalue weighted by Gasteiger charge is 2.28. The van der Waals surface area contributed by atoms with E-state index in [4.69, 9.17) is 21.3 Å². The van der Waals surface area contributed by atoms with E-state index in [1.165, 1.54) is 12.8 Å². The topological polar surface area (TPSA) is 51.1 Å². The van der Waals surface area contributed by atoms with Crippen LogP contribution in [0.3, 0.4) is 0 Å². The Kier molecular flexibility index (Phi) is 4.75. The summed E-state index contributed by atoms with van der Waals surface area (Å²) in [6.07, 6.45) is 6.36. The Labute approximate surface area is 153 Å². The van der Waals surface area contributed by atoms with Crippen molar-refractivity contribution in [3.05, 3.63) is 40.9 Å². The highest BCUT2D eigenvalue weighted by molar-refractivity contribution is 6.31. The van der Waals surface area contributed by atoms with Crippen molar-refractivity contribution in [3.8, 4) is 5.88 Å². The van der Waals surface area contributed by atoms with Gasteiger partial charge in [0.1, 0.15) is 16.7 Å². The van der Waals surface area contributed by atoms with Crippen molar-refractivity contribution < 1.29 is 4.74 Å². The summed E-state index contributed by atoms with van der Waals surface area (Å²) >= 11 is 6.10. The molecule has 0 bridgehead atoms. The van der Waals surface area contributed by atoms with Crippen molar-refractivity contribution in [1.29, 1.82) is 0 Å². The van der Waals surface area contributed by atoms with E-state index in [9.17, 15) is 0 Å². The molecule has 1 aliphatic carbocycles. The quantitative estimate of drug-likeness (QED) is 0.808. The summed E-state index contributed by atoms with van der Waals surface area (Å²) in [7, 11) is 0. The van der Waals surface area contributed by atoms with Gasteiger partial charge in [0.05, 0.1) is 6.61 Å². The Hall–Kier alpha value is -1.88. The van der Waals surface area contributed by atoms with Crippen LogP contribution in [-0.2, 0) is 0 Å². The van der Waals surface area contributed by atoms with E-state index < -0.39 is 0 Å². The third kappa shape index (κ3) is 4.03.